The molecule has 1 amide bonds. The fourth-order valence-corrected chi connectivity index (χ4v) is 3.92. The number of aliphatic hydroxyl groups is 1. The van der Waals surface area contributed by atoms with Crippen LogP contribution in [0.3, 0.4) is 0 Å². The predicted octanol–water partition coefficient (Wildman–Crippen LogP) is 1.15. The number of rotatable bonds is 2. The van der Waals surface area contributed by atoms with Gasteiger partial charge in [0.25, 0.3) is 0 Å². The van der Waals surface area contributed by atoms with E-state index in [2.05, 4.69) is 5.01 Å². The van der Waals surface area contributed by atoms with Gasteiger partial charge in [-0.15, -0.1) is 0 Å². The van der Waals surface area contributed by atoms with Crippen LogP contribution in [0.15, 0.2) is 0 Å². The van der Waals surface area contributed by atoms with E-state index in [4.69, 9.17) is 0 Å². The first kappa shape index (κ1) is 11.5. The minimum absolute atomic E-state index is 0.0527. The smallest absolute Gasteiger partial charge is 0.238 e. The summed E-state index contributed by atoms with van der Waals surface area (Å²) in [6, 6.07) is 0.566. The Bertz CT molecular complexity index is 302. The van der Waals surface area contributed by atoms with Crippen LogP contribution in [0.2, 0.25) is 0 Å². The molecule has 1 saturated carbocycles. The summed E-state index contributed by atoms with van der Waals surface area (Å²) in [5.41, 5.74) is 0. The number of hydrazine groups is 1. The molecule has 2 atom stereocenters. The van der Waals surface area contributed by atoms with E-state index in [1.54, 1.807) is 0 Å². The summed E-state index contributed by atoms with van der Waals surface area (Å²) < 4.78 is 0. The summed E-state index contributed by atoms with van der Waals surface area (Å²) in [6.07, 6.45) is 8.28. The summed E-state index contributed by atoms with van der Waals surface area (Å²) in [5, 5.41) is 13.5. The number of hydrogen-bond acceptors (Lipinski definition) is 3. The Labute approximate surface area is 103 Å². The molecule has 2 heterocycles. The molecule has 0 radical (unpaired) electrons. The van der Waals surface area contributed by atoms with Crippen molar-refractivity contribution in [2.24, 2.45) is 5.92 Å². The van der Waals surface area contributed by atoms with Crippen molar-refractivity contribution in [1.82, 2.24) is 10.0 Å². The highest BCUT2D eigenvalue weighted by atomic mass is 16.3. The molecule has 3 aliphatic rings. The van der Waals surface area contributed by atoms with Crippen LogP contribution in [0.25, 0.3) is 0 Å². The Morgan fingerprint density at radius 3 is 2.71 bits per heavy atom. The molecule has 0 aromatic heterocycles. The van der Waals surface area contributed by atoms with E-state index in [0.717, 1.165) is 18.9 Å². The van der Waals surface area contributed by atoms with Crippen molar-refractivity contribution in [2.75, 3.05) is 13.2 Å². The molecular formula is C13H22N2O2. The van der Waals surface area contributed by atoms with Crippen molar-refractivity contribution >= 4 is 5.91 Å². The van der Waals surface area contributed by atoms with E-state index in [1.165, 1.54) is 32.1 Å². The Kier molecular flexibility index (Phi) is 3.09. The van der Waals surface area contributed by atoms with Gasteiger partial charge in [-0.25, -0.2) is 5.01 Å². The van der Waals surface area contributed by atoms with E-state index in [1.807, 2.05) is 5.01 Å². The Hall–Kier alpha value is -0.610. The normalized spacial score (nSPS) is 35.6. The fourth-order valence-electron chi connectivity index (χ4n) is 3.92. The highest BCUT2D eigenvalue weighted by Crippen LogP contribution is 2.39. The average Bonchev–Trinajstić information content (AvgIpc) is 2.92. The van der Waals surface area contributed by atoms with Crippen LogP contribution in [0.1, 0.15) is 44.9 Å². The molecule has 3 rings (SSSR count). The molecule has 0 spiro atoms. The topological polar surface area (TPSA) is 43.8 Å². The number of amides is 1. The van der Waals surface area contributed by atoms with Gasteiger partial charge in [0, 0.05) is 19.0 Å². The Morgan fingerprint density at radius 2 is 2.00 bits per heavy atom. The second kappa shape index (κ2) is 4.58. The van der Waals surface area contributed by atoms with Gasteiger partial charge in [0.15, 0.2) is 0 Å². The molecule has 4 nitrogen and oxygen atoms in total. The van der Waals surface area contributed by atoms with Gasteiger partial charge < -0.3 is 5.11 Å². The summed E-state index contributed by atoms with van der Waals surface area (Å²) in [7, 11) is 0. The standard InChI is InChI=1S/C13H22N2O2/c16-9-11-8-12(10-4-2-1-3-5-10)14-7-6-13(17)15(11)14/h10-12,16H,1-9H2/t11-,12-/m1/s1. The molecular weight excluding hydrogens is 216 g/mol. The van der Waals surface area contributed by atoms with Gasteiger partial charge in [0.2, 0.25) is 5.91 Å². The van der Waals surface area contributed by atoms with Gasteiger partial charge in [-0.3, -0.25) is 9.80 Å². The van der Waals surface area contributed by atoms with Gasteiger partial charge in [0.05, 0.1) is 12.6 Å². The number of hydrogen-bond donors (Lipinski definition) is 1. The number of nitrogens with zero attached hydrogens (tertiary/aromatic N) is 2. The highest BCUT2D eigenvalue weighted by Gasteiger charge is 2.47. The zero-order valence-electron chi connectivity index (χ0n) is 10.3. The fraction of sp³-hybridized carbons (Fsp3) is 0.923. The molecule has 0 aromatic carbocycles. The lowest BCUT2D eigenvalue weighted by Crippen LogP contribution is -2.43. The van der Waals surface area contributed by atoms with E-state index in [0.29, 0.717) is 12.5 Å². The molecule has 0 bridgehead atoms. The summed E-state index contributed by atoms with van der Waals surface area (Å²) in [6.45, 7) is 0.988. The first-order valence-corrected chi connectivity index (χ1v) is 7.00. The van der Waals surface area contributed by atoms with Crippen molar-refractivity contribution in [3.05, 3.63) is 0 Å². The van der Waals surface area contributed by atoms with Crippen molar-refractivity contribution in [3.8, 4) is 0 Å². The third-order valence-electron chi connectivity index (χ3n) is 4.73. The maximum Gasteiger partial charge on any atom is 0.238 e. The summed E-state index contributed by atoms with van der Waals surface area (Å²) in [4.78, 5) is 11.8. The molecule has 3 fully saturated rings. The third-order valence-corrected chi connectivity index (χ3v) is 4.73. The first-order chi connectivity index (χ1) is 8.31. The van der Waals surface area contributed by atoms with Crippen LogP contribution in [0.4, 0.5) is 0 Å². The highest BCUT2D eigenvalue weighted by molar-refractivity contribution is 5.78. The maximum atomic E-state index is 11.8. The largest absolute Gasteiger partial charge is 0.394 e. The lowest BCUT2D eigenvalue weighted by molar-refractivity contribution is -0.140. The molecule has 1 N–H and O–H groups in total. The van der Waals surface area contributed by atoms with Crippen molar-refractivity contribution in [3.63, 3.8) is 0 Å². The monoisotopic (exact) mass is 238 g/mol. The van der Waals surface area contributed by atoms with Crippen LogP contribution in [-0.2, 0) is 4.79 Å². The number of fused-ring (bicyclic) bond motifs is 1. The number of aliphatic hydroxyl groups excluding tert-OH is 1. The summed E-state index contributed by atoms with van der Waals surface area (Å²) in [5.74, 6) is 0.955. The Balaban J connectivity index is 1.75. The molecule has 4 heteroatoms. The van der Waals surface area contributed by atoms with Crippen LogP contribution >= 0.6 is 0 Å². The third kappa shape index (κ3) is 1.87. The molecule has 1 aliphatic carbocycles. The molecule has 2 aliphatic heterocycles. The van der Waals surface area contributed by atoms with Crippen LogP contribution in [0, 0.1) is 5.92 Å². The van der Waals surface area contributed by atoms with Crippen molar-refractivity contribution in [2.45, 2.75) is 57.0 Å². The predicted molar refractivity (Wildman–Crippen MR) is 64.0 cm³/mol. The number of carbonyl (C=O) groups excluding carboxylic acids is 1. The molecule has 17 heavy (non-hydrogen) atoms. The quantitative estimate of drug-likeness (QED) is 0.785. The van der Waals surface area contributed by atoms with Crippen molar-refractivity contribution in [1.29, 1.82) is 0 Å². The van der Waals surface area contributed by atoms with Gasteiger partial charge in [-0.1, -0.05) is 19.3 Å². The second-order valence-electron chi connectivity index (χ2n) is 5.69. The van der Waals surface area contributed by atoms with E-state index >= 15 is 0 Å². The van der Waals surface area contributed by atoms with Crippen LogP contribution < -0.4 is 0 Å². The SMILES string of the molecule is O=C1CCN2[C@@H](C3CCCCC3)C[C@H](CO)N12. The zero-order valence-corrected chi connectivity index (χ0v) is 10.3. The first-order valence-electron chi connectivity index (χ1n) is 7.00. The maximum absolute atomic E-state index is 11.8. The molecule has 0 aromatic rings. The average molecular weight is 238 g/mol. The van der Waals surface area contributed by atoms with Crippen molar-refractivity contribution < 1.29 is 9.90 Å². The summed E-state index contributed by atoms with van der Waals surface area (Å²) >= 11 is 0. The van der Waals surface area contributed by atoms with Crippen LogP contribution in [0.5, 0.6) is 0 Å². The molecule has 2 saturated heterocycles. The Morgan fingerprint density at radius 1 is 1.24 bits per heavy atom. The lowest BCUT2D eigenvalue weighted by atomic mass is 9.82. The molecule has 0 unspecified atom stereocenters. The van der Waals surface area contributed by atoms with Crippen LogP contribution in [-0.4, -0.2) is 46.3 Å². The lowest BCUT2D eigenvalue weighted by Gasteiger charge is -2.33. The van der Waals surface area contributed by atoms with E-state index < -0.39 is 0 Å². The number of carbonyl (C=O) groups is 1. The van der Waals surface area contributed by atoms with Gasteiger partial charge >= 0.3 is 0 Å². The zero-order chi connectivity index (χ0) is 11.8. The van der Waals surface area contributed by atoms with Gasteiger partial charge in [-0.05, 0) is 25.2 Å². The second-order valence-corrected chi connectivity index (χ2v) is 5.69. The molecule has 96 valence electrons. The minimum Gasteiger partial charge on any atom is -0.394 e. The van der Waals surface area contributed by atoms with Gasteiger partial charge in [-0.2, -0.15) is 0 Å². The minimum atomic E-state index is 0.0527. The van der Waals surface area contributed by atoms with E-state index in [-0.39, 0.29) is 18.6 Å². The van der Waals surface area contributed by atoms with Gasteiger partial charge in [0.1, 0.15) is 0 Å². The van der Waals surface area contributed by atoms with E-state index in [9.17, 15) is 9.90 Å².